The quantitative estimate of drug-likeness (QED) is 0.615. The van der Waals surface area contributed by atoms with Crippen LogP contribution in [0.5, 0.6) is 0 Å². The molecule has 114 valence electrons. The lowest BCUT2D eigenvalue weighted by Gasteiger charge is -2.06. The van der Waals surface area contributed by atoms with Crippen molar-refractivity contribution < 1.29 is 19.1 Å². The fourth-order valence-corrected chi connectivity index (χ4v) is 1.83. The third-order valence-electron chi connectivity index (χ3n) is 2.43. The normalized spacial score (nSPS) is 10.1. The number of halogens is 2. The highest BCUT2D eigenvalue weighted by Gasteiger charge is 2.10. The minimum atomic E-state index is -0.601. The molecule has 0 aromatic carbocycles. The molecule has 0 atom stereocenters. The molecule has 0 aliphatic rings. The number of pyridine rings is 2. The third-order valence-corrected chi connectivity index (χ3v) is 2.84. The van der Waals surface area contributed by atoms with E-state index in [-0.39, 0.29) is 24.3 Å². The topological polar surface area (TPSA) is 78.4 Å². The Hall–Kier alpha value is -2.18. The molecule has 2 rings (SSSR count). The summed E-state index contributed by atoms with van der Waals surface area (Å²) in [4.78, 5) is 30.9. The van der Waals surface area contributed by atoms with Gasteiger partial charge in [0, 0.05) is 24.8 Å². The fraction of sp³-hybridized carbons (Fsp3) is 0.143. The van der Waals surface area contributed by atoms with Crippen LogP contribution in [0.3, 0.4) is 0 Å². The van der Waals surface area contributed by atoms with E-state index >= 15 is 0 Å². The summed E-state index contributed by atoms with van der Waals surface area (Å²) in [5, 5.41) is 0.656. The zero-order valence-electron chi connectivity index (χ0n) is 11.2. The van der Waals surface area contributed by atoms with Gasteiger partial charge in [-0.05, 0) is 12.1 Å². The Bertz CT molecular complexity index is 635. The van der Waals surface area contributed by atoms with E-state index in [0.29, 0.717) is 10.0 Å². The predicted octanol–water partition coefficient (Wildman–Crippen LogP) is 2.80. The van der Waals surface area contributed by atoms with E-state index in [1.165, 1.54) is 36.9 Å². The van der Waals surface area contributed by atoms with E-state index in [9.17, 15) is 9.59 Å². The SMILES string of the molecule is O=C(OCCOC(=O)c1cncc(Cl)c1)c1cncc(Cl)c1. The maximum Gasteiger partial charge on any atom is 0.339 e. The number of hydrogen-bond donors (Lipinski definition) is 0. The molecule has 0 spiro atoms. The summed E-state index contributed by atoms with van der Waals surface area (Å²) in [6.45, 7) is -0.184. The summed E-state index contributed by atoms with van der Waals surface area (Å²) < 4.78 is 9.87. The molecule has 2 aromatic rings. The second-order valence-electron chi connectivity index (χ2n) is 4.06. The predicted molar refractivity (Wildman–Crippen MR) is 79.1 cm³/mol. The smallest absolute Gasteiger partial charge is 0.339 e. The molecule has 8 heteroatoms. The average molecular weight is 341 g/mol. The van der Waals surface area contributed by atoms with Gasteiger partial charge in [-0.2, -0.15) is 0 Å². The van der Waals surface area contributed by atoms with Crippen molar-refractivity contribution in [3.8, 4) is 0 Å². The third kappa shape index (κ3) is 4.68. The van der Waals surface area contributed by atoms with Gasteiger partial charge in [-0.3, -0.25) is 9.97 Å². The number of aromatic nitrogens is 2. The Morgan fingerprint density at radius 3 is 1.59 bits per heavy atom. The fourth-order valence-electron chi connectivity index (χ4n) is 1.48. The molecule has 0 bridgehead atoms. The van der Waals surface area contributed by atoms with E-state index in [1.807, 2.05) is 0 Å². The van der Waals surface area contributed by atoms with Crippen molar-refractivity contribution in [2.75, 3.05) is 13.2 Å². The monoisotopic (exact) mass is 340 g/mol. The minimum absolute atomic E-state index is 0.0922. The second kappa shape index (κ2) is 7.72. The Morgan fingerprint density at radius 1 is 0.818 bits per heavy atom. The van der Waals surface area contributed by atoms with Gasteiger partial charge >= 0.3 is 11.9 Å². The Morgan fingerprint density at radius 2 is 1.23 bits per heavy atom. The summed E-state index contributed by atoms with van der Waals surface area (Å²) in [5.41, 5.74) is 0.440. The van der Waals surface area contributed by atoms with Crippen LogP contribution in [-0.4, -0.2) is 35.1 Å². The second-order valence-corrected chi connectivity index (χ2v) is 4.93. The van der Waals surface area contributed by atoms with E-state index in [2.05, 4.69) is 9.97 Å². The number of rotatable bonds is 5. The molecule has 0 N–H and O–H groups in total. The zero-order chi connectivity index (χ0) is 15.9. The first kappa shape index (κ1) is 16.2. The van der Waals surface area contributed by atoms with Gasteiger partial charge in [0.15, 0.2) is 0 Å². The molecule has 0 saturated heterocycles. The summed E-state index contributed by atoms with van der Waals surface area (Å²) in [6.07, 6.45) is 5.47. The van der Waals surface area contributed by atoms with E-state index < -0.39 is 11.9 Å². The van der Waals surface area contributed by atoms with Crippen LogP contribution in [0.1, 0.15) is 20.7 Å². The maximum atomic E-state index is 11.7. The molecule has 0 saturated carbocycles. The summed E-state index contributed by atoms with van der Waals surface area (Å²) in [5.74, 6) is -1.20. The zero-order valence-corrected chi connectivity index (χ0v) is 12.7. The highest BCUT2D eigenvalue weighted by Crippen LogP contribution is 2.10. The van der Waals surface area contributed by atoms with Crippen molar-refractivity contribution in [1.82, 2.24) is 9.97 Å². The maximum absolute atomic E-state index is 11.7. The first-order chi connectivity index (χ1) is 10.6. The average Bonchev–Trinajstić information content (AvgIpc) is 2.51. The minimum Gasteiger partial charge on any atom is -0.458 e. The highest BCUT2D eigenvalue weighted by atomic mass is 35.5. The number of carbonyl (C=O) groups is 2. The van der Waals surface area contributed by atoms with Crippen molar-refractivity contribution in [2.24, 2.45) is 0 Å². The first-order valence-corrected chi connectivity index (χ1v) is 6.87. The van der Waals surface area contributed by atoms with E-state index in [0.717, 1.165) is 0 Å². The molecule has 0 unspecified atom stereocenters. The van der Waals surface area contributed by atoms with Crippen molar-refractivity contribution in [1.29, 1.82) is 0 Å². The lowest BCUT2D eigenvalue weighted by Crippen LogP contribution is -2.14. The van der Waals surface area contributed by atoms with Crippen LogP contribution in [0.25, 0.3) is 0 Å². The Balaban J connectivity index is 1.77. The highest BCUT2D eigenvalue weighted by molar-refractivity contribution is 6.31. The van der Waals surface area contributed by atoms with Crippen LogP contribution in [0.4, 0.5) is 0 Å². The van der Waals surface area contributed by atoms with Gasteiger partial charge in [-0.1, -0.05) is 23.2 Å². The Kier molecular flexibility index (Phi) is 5.68. The molecule has 22 heavy (non-hydrogen) atoms. The Labute approximate surface area is 136 Å². The van der Waals surface area contributed by atoms with E-state index in [4.69, 9.17) is 32.7 Å². The summed E-state index contributed by atoms with van der Waals surface area (Å²) in [7, 11) is 0. The lowest BCUT2D eigenvalue weighted by atomic mass is 10.3. The van der Waals surface area contributed by atoms with Gasteiger partial charge in [0.25, 0.3) is 0 Å². The molecule has 0 amide bonds. The summed E-state index contributed by atoms with van der Waals surface area (Å²) >= 11 is 11.4. The van der Waals surface area contributed by atoms with Crippen LogP contribution in [0.15, 0.2) is 36.9 Å². The number of carbonyl (C=O) groups excluding carboxylic acids is 2. The van der Waals surface area contributed by atoms with Gasteiger partial charge in [0.05, 0.1) is 21.2 Å². The van der Waals surface area contributed by atoms with Crippen molar-refractivity contribution in [3.63, 3.8) is 0 Å². The molecule has 0 aliphatic heterocycles. The molecule has 0 aliphatic carbocycles. The molecule has 2 aromatic heterocycles. The lowest BCUT2D eigenvalue weighted by molar-refractivity contribution is 0.0265. The van der Waals surface area contributed by atoms with Gasteiger partial charge in [0.2, 0.25) is 0 Å². The number of nitrogens with zero attached hydrogens (tertiary/aromatic N) is 2. The number of ether oxygens (including phenoxy) is 2. The van der Waals surface area contributed by atoms with Gasteiger partial charge < -0.3 is 9.47 Å². The largest absolute Gasteiger partial charge is 0.458 e. The molecular formula is C14H10Cl2N2O4. The molecular weight excluding hydrogens is 331 g/mol. The number of esters is 2. The van der Waals surface area contributed by atoms with Crippen molar-refractivity contribution in [3.05, 3.63) is 58.1 Å². The van der Waals surface area contributed by atoms with E-state index in [1.54, 1.807) is 0 Å². The van der Waals surface area contributed by atoms with Crippen LogP contribution < -0.4 is 0 Å². The van der Waals surface area contributed by atoms with Gasteiger partial charge in [-0.25, -0.2) is 9.59 Å². The standard InChI is InChI=1S/C14H10Cl2N2O4/c15-11-3-9(5-17-7-11)13(19)21-1-2-22-14(20)10-4-12(16)8-18-6-10/h3-8H,1-2H2. The van der Waals surface area contributed by atoms with Crippen LogP contribution in [-0.2, 0) is 9.47 Å². The molecule has 0 fully saturated rings. The van der Waals surface area contributed by atoms with Crippen molar-refractivity contribution >= 4 is 35.1 Å². The summed E-state index contributed by atoms with van der Waals surface area (Å²) in [6, 6.07) is 2.86. The van der Waals surface area contributed by atoms with Gasteiger partial charge in [0.1, 0.15) is 13.2 Å². The van der Waals surface area contributed by atoms with Gasteiger partial charge in [-0.15, -0.1) is 0 Å². The first-order valence-electron chi connectivity index (χ1n) is 6.11. The van der Waals surface area contributed by atoms with Crippen LogP contribution in [0, 0.1) is 0 Å². The van der Waals surface area contributed by atoms with Crippen LogP contribution in [0.2, 0.25) is 10.0 Å². The molecule has 6 nitrogen and oxygen atoms in total. The van der Waals surface area contributed by atoms with Crippen LogP contribution >= 0.6 is 23.2 Å². The number of hydrogen-bond acceptors (Lipinski definition) is 6. The molecule has 2 heterocycles. The molecule has 0 radical (unpaired) electrons. The van der Waals surface area contributed by atoms with Crippen molar-refractivity contribution in [2.45, 2.75) is 0 Å².